The van der Waals surface area contributed by atoms with Gasteiger partial charge in [0.25, 0.3) is 5.91 Å². The van der Waals surface area contributed by atoms with E-state index in [0.29, 0.717) is 10.0 Å². The molecule has 1 aromatic rings. The molecule has 0 bridgehead atoms. The fourth-order valence-electron chi connectivity index (χ4n) is 1.35. The number of rotatable bonds is 4. The molecule has 0 radical (unpaired) electrons. The summed E-state index contributed by atoms with van der Waals surface area (Å²) < 4.78 is 13.4. The van der Waals surface area contributed by atoms with Gasteiger partial charge < -0.3 is 5.32 Å². The molecule has 0 atom stereocenters. The maximum atomic E-state index is 12.9. The molecule has 0 saturated heterocycles. The highest BCUT2D eigenvalue weighted by Gasteiger charge is 2.21. The Morgan fingerprint density at radius 1 is 1.47 bits per heavy atom. The number of alkyl halides is 1. The van der Waals surface area contributed by atoms with Crippen LogP contribution in [0.15, 0.2) is 22.7 Å². The van der Waals surface area contributed by atoms with Crippen molar-refractivity contribution in [1.82, 2.24) is 5.32 Å². The molecule has 0 aromatic heterocycles. The van der Waals surface area contributed by atoms with E-state index in [9.17, 15) is 9.18 Å². The van der Waals surface area contributed by atoms with Crippen molar-refractivity contribution in [2.24, 2.45) is 0 Å². The second-order valence-corrected chi connectivity index (χ2v) is 6.05. The fraction of sp³-hybridized carbons (Fsp3) is 0.417. The summed E-state index contributed by atoms with van der Waals surface area (Å²) in [5.74, 6) is -0.573. The van der Waals surface area contributed by atoms with Gasteiger partial charge in [0.2, 0.25) is 0 Å². The second kappa shape index (κ2) is 5.96. The Kier molecular flexibility index (Phi) is 5.13. The molecule has 5 heteroatoms. The normalized spacial score (nSPS) is 11.4. The average molecular weight is 367 g/mol. The molecule has 94 valence electrons. The smallest absolute Gasteiger partial charge is 0.252 e. The molecule has 1 amide bonds. The molecule has 1 N–H and O–H groups in total. The quantitative estimate of drug-likeness (QED) is 0.805. The van der Waals surface area contributed by atoms with Gasteiger partial charge in [0.15, 0.2) is 0 Å². The highest BCUT2D eigenvalue weighted by molar-refractivity contribution is 9.10. The van der Waals surface area contributed by atoms with E-state index < -0.39 is 0 Å². The van der Waals surface area contributed by atoms with E-state index in [1.165, 1.54) is 18.2 Å². The van der Waals surface area contributed by atoms with Crippen LogP contribution in [0.5, 0.6) is 0 Å². The minimum Gasteiger partial charge on any atom is -0.347 e. The predicted molar refractivity (Wildman–Crippen MR) is 74.1 cm³/mol. The number of carbonyl (C=O) groups is 1. The lowest BCUT2D eigenvalue weighted by Gasteiger charge is -2.25. The van der Waals surface area contributed by atoms with Crippen LogP contribution < -0.4 is 5.32 Å². The lowest BCUT2D eigenvalue weighted by Crippen LogP contribution is -2.43. The zero-order valence-corrected chi connectivity index (χ0v) is 12.9. The molecule has 1 aromatic carbocycles. The first kappa shape index (κ1) is 14.6. The van der Waals surface area contributed by atoms with E-state index >= 15 is 0 Å². The van der Waals surface area contributed by atoms with Crippen molar-refractivity contribution in [1.29, 1.82) is 0 Å². The minimum atomic E-state index is -0.367. The molecular formula is C12H14Br2FNO. The number of carbonyl (C=O) groups excluding carboxylic acids is 1. The second-order valence-electron chi connectivity index (χ2n) is 4.40. The zero-order chi connectivity index (χ0) is 13.1. The topological polar surface area (TPSA) is 29.1 Å². The predicted octanol–water partition coefficient (Wildman–Crippen LogP) is 3.88. The molecule has 0 unspecified atom stereocenters. The van der Waals surface area contributed by atoms with Crippen LogP contribution in [0.25, 0.3) is 0 Å². The Hall–Kier alpha value is -0.420. The van der Waals surface area contributed by atoms with Crippen molar-refractivity contribution in [3.63, 3.8) is 0 Å². The number of nitrogens with one attached hydrogen (secondary N) is 1. The summed E-state index contributed by atoms with van der Waals surface area (Å²) in [6.07, 6.45) is 0.817. The fourth-order valence-corrected chi connectivity index (χ4v) is 2.87. The summed E-state index contributed by atoms with van der Waals surface area (Å²) in [5, 5.41) is 3.72. The van der Waals surface area contributed by atoms with Gasteiger partial charge in [-0.3, -0.25) is 4.79 Å². The van der Waals surface area contributed by atoms with Gasteiger partial charge in [-0.25, -0.2) is 4.39 Å². The Morgan fingerprint density at radius 3 is 2.65 bits per heavy atom. The molecule has 17 heavy (non-hydrogen) atoms. The third-order valence-corrected chi connectivity index (χ3v) is 3.40. The summed E-state index contributed by atoms with van der Waals surface area (Å²) in [5.41, 5.74) is 0.142. The van der Waals surface area contributed by atoms with Gasteiger partial charge in [-0.1, -0.05) is 15.9 Å². The third-order valence-electron chi connectivity index (χ3n) is 2.35. The number of amides is 1. The monoisotopic (exact) mass is 365 g/mol. The minimum absolute atomic E-state index is 0.206. The molecule has 0 aliphatic rings. The largest absolute Gasteiger partial charge is 0.347 e. The average Bonchev–Trinajstić information content (AvgIpc) is 2.15. The van der Waals surface area contributed by atoms with Gasteiger partial charge in [-0.15, -0.1) is 0 Å². The molecule has 0 heterocycles. The first-order valence-corrected chi connectivity index (χ1v) is 7.11. The lowest BCUT2D eigenvalue weighted by molar-refractivity contribution is 0.0911. The van der Waals surface area contributed by atoms with Crippen molar-refractivity contribution >= 4 is 37.8 Å². The van der Waals surface area contributed by atoms with E-state index in [1.54, 1.807) is 0 Å². The van der Waals surface area contributed by atoms with Crippen LogP contribution >= 0.6 is 31.9 Å². The summed E-state index contributed by atoms with van der Waals surface area (Å²) in [6, 6.07) is 4.03. The first-order chi connectivity index (χ1) is 7.85. The van der Waals surface area contributed by atoms with Gasteiger partial charge >= 0.3 is 0 Å². The molecule has 0 aliphatic heterocycles. The van der Waals surface area contributed by atoms with E-state index in [-0.39, 0.29) is 17.3 Å². The Balaban J connectivity index is 2.83. The van der Waals surface area contributed by atoms with Crippen LogP contribution in [0.4, 0.5) is 4.39 Å². The van der Waals surface area contributed by atoms with Gasteiger partial charge in [0.05, 0.1) is 5.56 Å². The number of hydrogen-bond acceptors (Lipinski definition) is 1. The number of benzene rings is 1. The van der Waals surface area contributed by atoms with E-state index in [2.05, 4.69) is 37.2 Å². The highest BCUT2D eigenvalue weighted by Crippen LogP contribution is 2.19. The molecule has 2 nitrogen and oxygen atoms in total. The molecule has 0 saturated carbocycles. The summed E-state index contributed by atoms with van der Waals surface area (Å²) >= 11 is 6.53. The Bertz CT molecular complexity index is 421. The third kappa shape index (κ3) is 4.39. The number of halogens is 3. The molecule has 0 aliphatic carbocycles. The summed E-state index contributed by atoms with van der Waals surface area (Å²) in [4.78, 5) is 12.0. The molecule has 0 fully saturated rings. The van der Waals surface area contributed by atoms with Gasteiger partial charge in [-0.05, 0) is 54.4 Å². The van der Waals surface area contributed by atoms with E-state index in [0.717, 1.165) is 11.8 Å². The van der Waals surface area contributed by atoms with Crippen LogP contribution in [0.2, 0.25) is 0 Å². The number of hydrogen-bond donors (Lipinski definition) is 1. The van der Waals surface area contributed by atoms with Crippen molar-refractivity contribution in [3.8, 4) is 0 Å². The maximum Gasteiger partial charge on any atom is 0.252 e. The Labute approximate surface area is 117 Å². The van der Waals surface area contributed by atoms with Crippen molar-refractivity contribution in [2.45, 2.75) is 25.8 Å². The Morgan fingerprint density at radius 2 is 2.12 bits per heavy atom. The van der Waals surface area contributed by atoms with E-state index in [4.69, 9.17) is 0 Å². The van der Waals surface area contributed by atoms with Crippen molar-refractivity contribution < 1.29 is 9.18 Å². The van der Waals surface area contributed by atoms with Gasteiger partial charge in [-0.2, -0.15) is 0 Å². The standard InChI is InChI=1S/C12H14Br2FNO/c1-12(2,5-6-13)16-11(17)9-4-3-8(15)7-10(9)14/h3-4,7H,5-6H2,1-2H3,(H,16,17). The van der Waals surface area contributed by atoms with Crippen molar-refractivity contribution in [3.05, 3.63) is 34.1 Å². The SMILES string of the molecule is CC(C)(CCBr)NC(=O)c1ccc(F)cc1Br. The van der Waals surface area contributed by atoms with Crippen molar-refractivity contribution in [2.75, 3.05) is 5.33 Å². The molecule has 1 rings (SSSR count). The maximum absolute atomic E-state index is 12.9. The van der Waals surface area contributed by atoms with Crippen LogP contribution in [-0.2, 0) is 0 Å². The molecule has 0 spiro atoms. The summed E-state index contributed by atoms with van der Waals surface area (Å²) in [7, 11) is 0. The van der Waals surface area contributed by atoms with Gasteiger partial charge in [0.1, 0.15) is 5.82 Å². The van der Waals surface area contributed by atoms with Crippen LogP contribution in [-0.4, -0.2) is 16.8 Å². The van der Waals surface area contributed by atoms with Crippen LogP contribution in [0.3, 0.4) is 0 Å². The first-order valence-electron chi connectivity index (χ1n) is 5.19. The van der Waals surface area contributed by atoms with E-state index in [1.807, 2.05) is 13.8 Å². The summed E-state index contributed by atoms with van der Waals surface area (Å²) in [6.45, 7) is 3.90. The lowest BCUT2D eigenvalue weighted by atomic mass is 10.0. The van der Waals surface area contributed by atoms with Gasteiger partial charge in [0, 0.05) is 15.3 Å². The van der Waals surface area contributed by atoms with Crippen LogP contribution in [0, 0.1) is 5.82 Å². The highest BCUT2D eigenvalue weighted by atomic mass is 79.9. The van der Waals surface area contributed by atoms with Crippen LogP contribution in [0.1, 0.15) is 30.6 Å². The molecular weight excluding hydrogens is 353 g/mol. The zero-order valence-electron chi connectivity index (χ0n) is 9.69.